The average molecular weight is 369 g/mol. The van der Waals surface area contributed by atoms with Gasteiger partial charge >= 0.3 is 6.36 Å². The van der Waals surface area contributed by atoms with Crippen molar-refractivity contribution in [2.75, 3.05) is 0 Å². The van der Waals surface area contributed by atoms with Crippen LogP contribution in [0.4, 0.5) is 13.2 Å². The second kappa shape index (κ2) is 8.67. The summed E-state index contributed by atoms with van der Waals surface area (Å²) in [4.78, 5) is 0. The Morgan fingerprint density at radius 1 is 0.923 bits per heavy atom. The highest BCUT2D eigenvalue weighted by molar-refractivity contribution is 5.29. The van der Waals surface area contributed by atoms with Crippen LogP contribution in [0.25, 0.3) is 0 Å². The van der Waals surface area contributed by atoms with Gasteiger partial charge in [-0.15, -0.1) is 13.2 Å². The molecule has 0 heterocycles. The van der Waals surface area contributed by atoms with E-state index in [9.17, 15) is 13.2 Å². The van der Waals surface area contributed by atoms with Gasteiger partial charge in [0.15, 0.2) is 0 Å². The minimum atomic E-state index is -4.63. The van der Waals surface area contributed by atoms with Gasteiger partial charge in [0.2, 0.25) is 0 Å². The first kappa shape index (κ1) is 18.2. The van der Waals surface area contributed by atoms with Crippen molar-refractivity contribution in [3.8, 4) is 5.75 Å². The molecule has 1 aromatic rings. The Labute approximate surface area is 156 Å². The van der Waals surface area contributed by atoms with E-state index in [0.717, 1.165) is 42.6 Å². The molecule has 2 fully saturated rings. The summed E-state index contributed by atoms with van der Waals surface area (Å²) in [6.45, 7) is 2.00. The summed E-state index contributed by atoms with van der Waals surface area (Å²) in [5, 5.41) is 0. The average Bonchev–Trinajstić information content (AvgIpc) is 2.61. The van der Waals surface area contributed by atoms with E-state index < -0.39 is 6.36 Å². The number of halogens is 3. The fraction of sp³-hybridized carbons (Fsp3) is 0.727. The second-order valence-electron chi connectivity index (χ2n) is 8.15. The largest absolute Gasteiger partial charge is 0.573 e. The molecule has 1 atom stereocenters. The van der Waals surface area contributed by atoms with Crippen LogP contribution >= 0.6 is 0 Å². The zero-order chi connectivity index (χ0) is 19.4. The van der Waals surface area contributed by atoms with Crippen molar-refractivity contribution in [3.63, 3.8) is 0 Å². The molecule has 1 nitrogen and oxygen atoms in total. The van der Waals surface area contributed by atoms with E-state index in [1.165, 1.54) is 50.7 Å². The van der Waals surface area contributed by atoms with Crippen molar-refractivity contribution < 1.29 is 19.3 Å². The molecule has 1 unspecified atom stereocenters. The van der Waals surface area contributed by atoms with Gasteiger partial charge in [0, 0.05) is 1.37 Å². The molecule has 4 heteroatoms. The van der Waals surface area contributed by atoms with E-state index >= 15 is 0 Å². The minimum Gasteiger partial charge on any atom is -0.406 e. The normalized spacial score (nSPS) is 31.9. The number of hydrogen-bond acceptors (Lipinski definition) is 1. The lowest BCUT2D eigenvalue weighted by molar-refractivity contribution is -0.274. The molecule has 146 valence electrons. The van der Waals surface area contributed by atoms with Crippen molar-refractivity contribution in [3.05, 3.63) is 29.8 Å². The molecule has 0 radical (unpaired) electrons. The van der Waals surface area contributed by atoms with Crippen LogP contribution < -0.4 is 4.74 Å². The first-order valence-electron chi connectivity index (χ1n) is 10.7. The maximum atomic E-state index is 12.3. The summed E-state index contributed by atoms with van der Waals surface area (Å²) in [6, 6.07) is 6.45. The first-order valence-corrected chi connectivity index (χ1v) is 10.1. The number of benzene rings is 1. The van der Waals surface area contributed by atoms with E-state index in [4.69, 9.17) is 1.37 Å². The zero-order valence-corrected chi connectivity index (χ0v) is 15.6. The predicted octanol–water partition coefficient (Wildman–Crippen LogP) is 7.47. The Bertz CT molecular complexity index is 568. The molecule has 0 bridgehead atoms. The van der Waals surface area contributed by atoms with Crippen LogP contribution in [-0.4, -0.2) is 6.36 Å². The van der Waals surface area contributed by atoms with Crippen molar-refractivity contribution >= 4 is 0 Å². The maximum Gasteiger partial charge on any atom is 0.573 e. The van der Waals surface area contributed by atoms with Crippen molar-refractivity contribution in [1.82, 2.24) is 0 Å². The summed E-state index contributed by atoms with van der Waals surface area (Å²) in [5.74, 6) is 2.72. The molecule has 0 N–H and O–H groups in total. The number of ether oxygens (including phenoxy) is 1. The minimum absolute atomic E-state index is 0.0647. The summed E-state index contributed by atoms with van der Waals surface area (Å²) < 4.78 is 48.5. The van der Waals surface area contributed by atoms with E-state index in [1.54, 1.807) is 12.1 Å². The third kappa shape index (κ3) is 5.40. The molecule has 0 amide bonds. The molecule has 0 aromatic heterocycles. The van der Waals surface area contributed by atoms with Crippen LogP contribution in [0, 0.1) is 17.8 Å². The van der Waals surface area contributed by atoms with E-state index in [0.29, 0.717) is 5.92 Å². The SMILES string of the molecule is [2H]C(C)CC1CCC(C2CCC(c3ccc(OC(F)(F)F)cc3)CC2)CC1. The number of hydrogen-bond donors (Lipinski definition) is 0. The van der Waals surface area contributed by atoms with Gasteiger partial charge in [-0.25, -0.2) is 0 Å². The molecule has 2 saturated carbocycles. The highest BCUT2D eigenvalue weighted by Gasteiger charge is 2.32. The van der Waals surface area contributed by atoms with E-state index in [-0.39, 0.29) is 12.1 Å². The predicted molar refractivity (Wildman–Crippen MR) is 98.2 cm³/mol. The Hall–Kier alpha value is -1.19. The summed E-state index contributed by atoms with van der Waals surface area (Å²) in [7, 11) is 0. The van der Waals surface area contributed by atoms with Crippen LogP contribution in [0.3, 0.4) is 0 Å². The Morgan fingerprint density at radius 2 is 1.46 bits per heavy atom. The maximum absolute atomic E-state index is 12.3. The topological polar surface area (TPSA) is 9.23 Å². The number of alkyl halides is 3. The quantitative estimate of drug-likeness (QED) is 0.523. The van der Waals surface area contributed by atoms with E-state index in [2.05, 4.69) is 4.74 Å². The standard InChI is InChI=1S/C22H31F3O/c1-2-3-16-4-6-17(7-5-16)18-8-10-19(11-9-18)20-12-14-21(15-13-20)26-22(23,24)25/h12-19H,2-11H2,1H3/i2D. The van der Waals surface area contributed by atoms with Gasteiger partial charge in [-0.1, -0.05) is 44.7 Å². The lowest BCUT2D eigenvalue weighted by Gasteiger charge is -2.38. The van der Waals surface area contributed by atoms with Crippen LogP contribution in [0.2, 0.25) is 0 Å². The third-order valence-electron chi connectivity index (χ3n) is 6.48. The highest BCUT2D eigenvalue weighted by Crippen LogP contribution is 2.44. The van der Waals surface area contributed by atoms with Gasteiger partial charge in [0.05, 0.1) is 0 Å². The third-order valence-corrected chi connectivity index (χ3v) is 6.48. The molecule has 2 aliphatic rings. The summed E-state index contributed by atoms with van der Waals surface area (Å²) in [5.41, 5.74) is 1.14. The lowest BCUT2D eigenvalue weighted by atomic mass is 9.68. The smallest absolute Gasteiger partial charge is 0.406 e. The van der Waals surface area contributed by atoms with Crippen LogP contribution in [0.5, 0.6) is 5.75 Å². The van der Waals surface area contributed by atoms with Crippen LogP contribution in [-0.2, 0) is 0 Å². The van der Waals surface area contributed by atoms with Gasteiger partial charge in [-0.2, -0.15) is 0 Å². The Kier molecular flexibility index (Phi) is 6.06. The Balaban J connectivity index is 1.45. The fourth-order valence-electron chi connectivity index (χ4n) is 5.09. The van der Waals surface area contributed by atoms with Crippen LogP contribution in [0.15, 0.2) is 24.3 Å². The van der Waals surface area contributed by atoms with Crippen molar-refractivity contribution in [1.29, 1.82) is 0 Å². The van der Waals surface area contributed by atoms with Gasteiger partial charge in [0.1, 0.15) is 5.75 Å². The molecular formula is C22H31F3O. The first-order chi connectivity index (χ1) is 12.8. The molecule has 3 rings (SSSR count). The molecule has 0 spiro atoms. The highest BCUT2D eigenvalue weighted by atomic mass is 19.4. The van der Waals surface area contributed by atoms with E-state index in [1.807, 2.05) is 6.92 Å². The second-order valence-corrected chi connectivity index (χ2v) is 8.15. The number of rotatable bonds is 5. The molecular weight excluding hydrogens is 337 g/mol. The van der Waals surface area contributed by atoms with Gasteiger partial charge in [0.25, 0.3) is 0 Å². The van der Waals surface area contributed by atoms with Crippen LogP contribution in [0.1, 0.15) is 84.0 Å². The lowest BCUT2D eigenvalue weighted by Crippen LogP contribution is -2.25. The van der Waals surface area contributed by atoms with Gasteiger partial charge in [-0.3, -0.25) is 0 Å². The summed E-state index contributed by atoms with van der Waals surface area (Å²) in [6.07, 6.45) is 6.42. The molecule has 0 saturated heterocycles. The molecule has 2 aliphatic carbocycles. The molecule has 1 aromatic carbocycles. The van der Waals surface area contributed by atoms with Gasteiger partial charge < -0.3 is 4.74 Å². The van der Waals surface area contributed by atoms with Gasteiger partial charge in [-0.05, 0) is 79.9 Å². The fourth-order valence-corrected chi connectivity index (χ4v) is 5.09. The Morgan fingerprint density at radius 3 is 1.96 bits per heavy atom. The van der Waals surface area contributed by atoms with Crippen molar-refractivity contribution in [2.45, 2.75) is 83.4 Å². The zero-order valence-electron chi connectivity index (χ0n) is 16.6. The molecule has 26 heavy (non-hydrogen) atoms. The van der Waals surface area contributed by atoms with Crippen molar-refractivity contribution in [2.24, 2.45) is 17.8 Å². The monoisotopic (exact) mass is 369 g/mol. The molecule has 0 aliphatic heterocycles. The summed E-state index contributed by atoms with van der Waals surface area (Å²) >= 11 is 0.